The molecule has 0 spiro atoms. The minimum Gasteiger partial charge on any atom is -0.493 e. The van der Waals surface area contributed by atoms with Crippen LogP contribution in [0.25, 0.3) is 16.9 Å². The van der Waals surface area contributed by atoms with Gasteiger partial charge in [-0.3, -0.25) is 9.59 Å². The highest BCUT2D eigenvalue weighted by Gasteiger charge is 2.33. The third kappa shape index (κ3) is 6.84. The van der Waals surface area contributed by atoms with E-state index in [1.807, 2.05) is 49.9 Å². The number of amides is 3. The number of benzene rings is 1. The zero-order chi connectivity index (χ0) is 30.7. The molecular formula is C31H40N6O6. The number of aromatic nitrogens is 3. The molecule has 1 aliphatic heterocycles. The number of hydrogen-bond acceptors (Lipinski definition) is 8. The summed E-state index contributed by atoms with van der Waals surface area (Å²) in [6, 6.07) is 9.05. The van der Waals surface area contributed by atoms with E-state index in [2.05, 4.69) is 15.4 Å². The number of carbonyl (C=O) groups excluding carboxylic acids is 3. The van der Waals surface area contributed by atoms with Gasteiger partial charge in [-0.2, -0.15) is 5.10 Å². The van der Waals surface area contributed by atoms with Crippen LogP contribution in [0.15, 0.2) is 36.5 Å². The molecule has 1 aliphatic carbocycles. The van der Waals surface area contributed by atoms with E-state index < -0.39 is 5.60 Å². The second-order valence-electron chi connectivity index (χ2n) is 12.0. The van der Waals surface area contributed by atoms with Crippen molar-refractivity contribution in [2.75, 3.05) is 40.4 Å². The van der Waals surface area contributed by atoms with Gasteiger partial charge in [0.15, 0.2) is 22.8 Å². The lowest BCUT2D eigenvalue weighted by atomic mass is 9.85. The first kappa shape index (κ1) is 30.1. The average Bonchev–Trinajstić information content (AvgIpc) is 3.45. The summed E-state index contributed by atoms with van der Waals surface area (Å²) >= 11 is 0. The molecule has 1 saturated carbocycles. The highest BCUT2D eigenvalue weighted by Crippen LogP contribution is 2.32. The first-order valence-corrected chi connectivity index (χ1v) is 14.7. The van der Waals surface area contributed by atoms with E-state index in [1.54, 1.807) is 35.9 Å². The van der Waals surface area contributed by atoms with Crippen LogP contribution in [0.4, 0.5) is 4.79 Å². The van der Waals surface area contributed by atoms with Crippen LogP contribution in [0.5, 0.6) is 11.5 Å². The van der Waals surface area contributed by atoms with Crippen LogP contribution in [0.3, 0.4) is 0 Å². The molecule has 3 heterocycles. The van der Waals surface area contributed by atoms with Gasteiger partial charge >= 0.3 is 6.09 Å². The average molecular weight is 593 g/mol. The van der Waals surface area contributed by atoms with E-state index in [0.29, 0.717) is 69.0 Å². The molecule has 1 N–H and O–H groups in total. The largest absolute Gasteiger partial charge is 0.493 e. The fraction of sp³-hybridized carbons (Fsp3) is 0.516. The highest BCUT2D eigenvalue weighted by molar-refractivity contribution is 5.93. The molecule has 0 radical (unpaired) electrons. The predicted molar refractivity (Wildman–Crippen MR) is 159 cm³/mol. The molecule has 1 saturated heterocycles. The Morgan fingerprint density at radius 2 is 1.56 bits per heavy atom. The van der Waals surface area contributed by atoms with Gasteiger partial charge in [-0.1, -0.05) is 0 Å². The van der Waals surface area contributed by atoms with Crippen LogP contribution in [0.1, 0.15) is 56.9 Å². The second kappa shape index (κ2) is 12.5. The van der Waals surface area contributed by atoms with Gasteiger partial charge in [-0.25, -0.2) is 14.3 Å². The zero-order valence-corrected chi connectivity index (χ0v) is 25.5. The molecule has 2 aromatic heterocycles. The number of carbonyl (C=O) groups is 3. The smallest absolute Gasteiger partial charge is 0.410 e. The minimum atomic E-state index is -0.547. The summed E-state index contributed by atoms with van der Waals surface area (Å²) in [4.78, 5) is 46.6. The lowest BCUT2D eigenvalue weighted by Crippen LogP contribution is -2.53. The topological polar surface area (TPSA) is 128 Å². The number of fused-ring (bicyclic) bond motifs is 1. The summed E-state index contributed by atoms with van der Waals surface area (Å²) in [6.45, 7) is 7.46. The van der Waals surface area contributed by atoms with E-state index in [9.17, 15) is 14.4 Å². The van der Waals surface area contributed by atoms with Crippen molar-refractivity contribution in [1.82, 2.24) is 29.7 Å². The molecule has 0 bridgehead atoms. The Morgan fingerprint density at radius 1 is 0.884 bits per heavy atom. The number of piperazine rings is 1. The summed E-state index contributed by atoms with van der Waals surface area (Å²) in [5, 5.41) is 7.67. The number of nitrogens with one attached hydrogen (secondary N) is 1. The molecule has 2 fully saturated rings. The van der Waals surface area contributed by atoms with E-state index in [-0.39, 0.29) is 35.6 Å². The lowest BCUT2D eigenvalue weighted by Gasteiger charge is -2.38. The van der Waals surface area contributed by atoms with E-state index in [4.69, 9.17) is 14.2 Å². The molecule has 3 amide bonds. The Morgan fingerprint density at radius 3 is 2.21 bits per heavy atom. The summed E-state index contributed by atoms with van der Waals surface area (Å²) in [7, 11) is 3.17. The quantitative estimate of drug-likeness (QED) is 0.458. The molecule has 230 valence electrons. The van der Waals surface area contributed by atoms with Crippen molar-refractivity contribution in [2.24, 2.45) is 5.92 Å². The standard InChI is InChI=1S/C31H40N6O6/c1-31(2,3)43-30(40)36-16-14-35(15-17-36)29(39)20-6-9-22(10-7-20)33-28(38)23-19-27-32-13-12-24(37(27)34-23)21-8-11-25(41-4)26(18-21)42-5/h8,11-13,18-20,22H,6-7,9-10,14-17H2,1-5H3,(H,33,38)/t20-,22-. The third-order valence-electron chi connectivity index (χ3n) is 7.92. The lowest BCUT2D eigenvalue weighted by molar-refractivity contribution is -0.138. The van der Waals surface area contributed by atoms with Crippen molar-refractivity contribution in [2.45, 2.75) is 58.1 Å². The van der Waals surface area contributed by atoms with Gasteiger partial charge in [0.25, 0.3) is 5.91 Å². The number of hydrogen-bond donors (Lipinski definition) is 1. The first-order valence-electron chi connectivity index (χ1n) is 14.7. The van der Waals surface area contributed by atoms with Crippen molar-refractivity contribution in [1.29, 1.82) is 0 Å². The maximum atomic E-state index is 13.2. The maximum Gasteiger partial charge on any atom is 0.410 e. The van der Waals surface area contributed by atoms with Gasteiger partial charge in [0.1, 0.15) is 5.60 Å². The second-order valence-corrected chi connectivity index (χ2v) is 12.0. The molecule has 5 rings (SSSR count). The van der Waals surface area contributed by atoms with E-state index >= 15 is 0 Å². The fourth-order valence-electron chi connectivity index (χ4n) is 5.66. The van der Waals surface area contributed by atoms with Crippen LogP contribution < -0.4 is 14.8 Å². The van der Waals surface area contributed by atoms with Gasteiger partial charge in [0.2, 0.25) is 5.91 Å². The number of rotatable bonds is 6. The van der Waals surface area contributed by atoms with Gasteiger partial charge in [-0.15, -0.1) is 0 Å². The third-order valence-corrected chi connectivity index (χ3v) is 7.92. The van der Waals surface area contributed by atoms with Crippen LogP contribution in [0.2, 0.25) is 0 Å². The van der Waals surface area contributed by atoms with Crippen molar-refractivity contribution in [3.63, 3.8) is 0 Å². The maximum absolute atomic E-state index is 13.2. The molecule has 12 heteroatoms. The summed E-state index contributed by atoms with van der Waals surface area (Å²) in [6.07, 6.45) is 4.17. The van der Waals surface area contributed by atoms with Crippen LogP contribution in [-0.4, -0.2) is 94.3 Å². The van der Waals surface area contributed by atoms with Crippen LogP contribution in [-0.2, 0) is 9.53 Å². The summed E-state index contributed by atoms with van der Waals surface area (Å²) in [5.41, 5.74) is 1.89. The van der Waals surface area contributed by atoms with Crippen molar-refractivity contribution < 1.29 is 28.6 Å². The zero-order valence-electron chi connectivity index (χ0n) is 25.5. The normalized spacial score (nSPS) is 19.2. The van der Waals surface area contributed by atoms with E-state index in [0.717, 1.165) is 11.3 Å². The molecule has 1 aromatic carbocycles. The number of nitrogens with zero attached hydrogens (tertiary/aromatic N) is 5. The Hall–Kier alpha value is -4.35. The van der Waals surface area contributed by atoms with Crippen molar-refractivity contribution in [3.05, 3.63) is 42.2 Å². The molecule has 0 atom stereocenters. The monoisotopic (exact) mass is 592 g/mol. The van der Waals surface area contributed by atoms with E-state index in [1.165, 1.54) is 0 Å². The molecule has 3 aromatic rings. The van der Waals surface area contributed by atoms with Gasteiger partial charge in [0.05, 0.1) is 19.9 Å². The predicted octanol–water partition coefficient (Wildman–Crippen LogP) is 3.78. The molecule has 12 nitrogen and oxygen atoms in total. The Bertz CT molecular complexity index is 1480. The highest BCUT2D eigenvalue weighted by atomic mass is 16.6. The first-order chi connectivity index (χ1) is 20.6. The minimum absolute atomic E-state index is 0.0383. The van der Waals surface area contributed by atoms with Gasteiger partial charge in [-0.05, 0) is 70.7 Å². The van der Waals surface area contributed by atoms with Crippen molar-refractivity contribution >= 4 is 23.6 Å². The molecular weight excluding hydrogens is 552 g/mol. The van der Waals surface area contributed by atoms with Gasteiger partial charge < -0.3 is 29.3 Å². The summed E-state index contributed by atoms with van der Waals surface area (Å²) in [5.74, 6) is 0.991. The Balaban J connectivity index is 1.15. The number of ether oxygens (including phenoxy) is 3. The van der Waals surface area contributed by atoms with Crippen LogP contribution in [0, 0.1) is 5.92 Å². The van der Waals surface area contributed by atoms with Crippen molar-refractivity contribution in [3.8, 4) is 22.8 Å². The van der Waals surface area contributed by atoms with Gasteiger partial charge in [0, 0.05) is 56.0 Å². The molecule has 0 unspecified atom stereocenters. The Labute approximate surface area is 251 Å². The SMILES string of the molecule is COc1ccc(-c2ccnc3cc(C(=O)N[C@H]4CC[C@H](C(=O)N5CCN(C(=O)OC(C)(C)C)CC5)CC4)nn23)cc1OC. The summed E-state index contributed by atoms with van der Waals surface area (Å²) < 4.78 is 17.9. The molecule has 43 heavy (non-hydrogen) atoms. The fourth-order valence-corrected chi connectivity index (χ4v) is 5.66. The molecule has 2 aliphatic rings. The Kier molecular flexibility index (Phi) is 8.74. The van der Waals surface area contributed by atoms with Crippen LogP contribution >= 0.6 is 0 Å². The number of methoxy groups -OCH3 is 2.